The molecule has 3 fully saturated rings. The van der Waals surface area contributed by atoms with Crippen LogP contribution in [0.4, 0.5) is 0 Å². The van der Waals surface area contributed by atoms with Crippen molar-refractivity contribution in [3.63, 3.8) is 0 Å². The number of rotatable bonds is 14. The number of carbonyl (C=O) groups is 3. The van der Waals surface area contributed by atoms with Crippen LogP contribution < -0.4 is 0 Å². The number of amides is 3. The number of hydrogen-bond donors (Lipinski definition) is 1. The van der Waals surface area contributed by atoms with E-state index >= 15 is 0 Å². The summed E-state index contributed by atoms with van der Waals surface area (Å²) in [5.74, 6) is -1.44. The van der Waals surface area contributed by atoms with Crippen molar-refractivity contribution in [2.24, 2.45) is 17.8 Å². The summed E-state index contributed by atoms with van der Waals surface area (Å²) >= 11 is 5.47. The van der Waals surface area contributed by atoms with Gasteiger partial charge in [-0.1, -0.05) is 68.1 Å². The number of fused-ring (bicyclic) bond motifs is 1. The van der Waals surface area contributed by atoms with E-state index in [9.17, 15) is 19.5 Å². The number of aliphatic hydroxyl groups excluding tert-OH is 1. The molecule has 2 bridgehead atoms. The largest absolute Gasteiger partial charge is 0.394 e. The first-order valence-corrected chi connectivity index (χ1v) is 15.4. The Morgan fingerprint density at radius 2 is 1.92 bits per heavy atom. The Hall–Kier alpha value is -1.32. The molecule has 1 N–H and O–H groups in total. The van der Waals surface area contributed by atoms with Crippen LogP contribution in [-0.4, -0.2) is 97.7 Å². The molecule has 7 nitrogen and oxygen atoms in total. The van der Waals surface area contributed by atoms with Gasteiger partial charge in [-0.2, -0.15) is 0 Å². The lowest BCUT2D eigenvalue weighted by Gasteiger charge is -2.41. The topological polar surface area (TPSA) is 81.2 Å². The van der Waals surface area contributed by atoms with Gasteiger partial charge in [0.2, 0.25) is 17.7 Å². The second kappa shape index (κ2) is 12.7. The molecule has 208 valence electrons. The van der Waals surface area contributed by atoms with Gasteiger partial charge in [0.1, 0.15) is 6.04 Å². The zero-order valence-electron chi connectivity index (χ0n) is 22.8. The van der Waals surface area contributed by atoms with Gasteiger partial charge in [-0.05, 0) is 18.8 Å². The number of likely N-dealkylation sites (N-methyl/N-ethyl adjacent to an activating group) is 1. The van der Waals surface area contributed by atoms with Crippen molar-refractivity contribution in [3.8, 4) is 0 Å². The summed E-state index contributed by atoms with van der Waals surface area (Å²) in [6.45, 7) is 15.0. The molecule has 3 aliphatic heterocycles. The third kappa shape index (κ3) is 5.29. The first-order chi connectivity index (χ1) is 17.6. The summed E-state index contributed by atoms with van der Waals surface area (Å²) < 4.78 is -0.715. The van der Waals surface area contributed by atoms with Crippen molar-refractivity contribution in [3.05, 3.63) is 25.3 Å². The first kappa shape index (κ1) is 30.2. The number of hydrogen-bond acceptors (Lipinski definition) is 5. The van der Waals surface area contributed by atoms with Crippen molar-refractivity contribution < 1.29 is 19.5 Å². The fraction of sp³-hybridized carbons (Fsp3) is 0.750. The normalized spacial score (nSPS) is 31.7. The Morgan fingerprint density at radius 3 is 2.49 bits per heavy atom. The minimum absolute atomic E-state index is 0.00646. The van der Waals surface area contributed by atoms with Gasteiger partial charge in [0.05, 0.1) is 29.2 Å². The van der Waals surface area contributed by atoms with Gasteiger partial charge in [-0.25, -0.2) is 0 Å². The summed E-state index contributed by atoms with van der Waals surface area (Å²) in [6, 6.07) is -1.21. The van der Waals surface area contributed by atoms with Crippen molar-refractivity contribution in [1.82, 2.24) is 14.7 Å². The maximum absolute atomic E-state index is 14.4. The minimum atomic E-state index is -0.727. The molecule has 3 rings (SSSR count). The minimum Gasteiger partial charge on any atom is -0.394 e. The van der Waals surface area contributed by atoms with E-state index in [1.165, 1.54) is 0 Å². The second-order valence-corrected chi connectivity index (χ2v) is 13.5. The van der Waals surface area contributed by atoms with Crippen LogP contribution in [0.3, 0.4) is 0 Å². The van der Waals surface area contributed by atoms with Crippen molar-refractivity contribution in [2.45, 2.75) is 79.8 Å². The molecule has 9 heteroatoms. The van der Waals surface area contributed by atoms with Gasteiger partial charge >= 0.3 is 0 Å². The van der Waals surface area contributed by atoms with Crippen LogP contribution >= 0.6 is 27.7 Å². The Kier molecular flexibility index (Phi) is 10.4. The third-order valence-corrected chi connectivity index (χ3v) is 11.8. The van der Waals surface area contributed by atoms with E-state index in [0.29, 0.717) is 26.1 Å². The van der Waals surface area contributed by atoms with E-state index in [1.54, 1.807) is 40.8 Å². The van der Waals surface area contributed by atoms with Crippen LogP contribution in [0.2, 0.25) is 0 Å². The van der Waals surface area contributed by atoms with Gasteiger partial charge in [0.25, 0.3) is 0 Å². The number of nitrogens with zero attached hydrogens (tertiary/aromatic N) is 3. The predicted octanol–water partition coefficient (Wildman–Crippen LogP) is 3.71. The Balaban J connectivity index is 2.11. The quantitative estimate of drug-likeness (QED) is 0.187. The fourth-order valence-electron chi connectivity index (χ4n) is 6.51. The Morgan fingerprint density at radius 1 is 1.24 bits per heavy atom. The zero-order valence-corrected chi connectivity index (χ0v) is 25.2. The monoisotopic (exact) mass is 597 g/mol. The van der Waals surface area contributed by atoms with Crippen molar-refractivity contribution in [1.29, 1.82) is 0 Å². The van der Waals surface area contributed by atoms with E-state index in [0.717, 1.165) is 25.7 Å². The first-order valence-electron chi connectivity index (χ1n) is 13.6. The number of alkyl halides is 1. The highest BCUT2D eigenvalue weighted by molar-refractivity contribution is 9.09. The summed E-state index contributed by atoms with van der Waals surface area (Å²) in [6.07, 6.45) is 7.76. The Labute approximate surface area is 235 Å². The van der Waals surface area contributed by atoms with Gasteiger partial charge in [0.15, 0.2) is 0 Å². The summed E-state index contributed by atoms with van der Waals surface area (Å²) in [4.78, 5) is 47.6. The molecule has 3 aliphatic rings. The van der Waals surface area contributed by atoms with Crippen LogP contribution in [0.15, 0.2) is 25.3 Å². The van der Waals surface area contributed by atoms with Gasteiger partial charge in [-0.3, -0.25) is 14.4 Å². The van der Waals surface area contributed by atoms with Gasteiger partial charge in [0, 0.05) is 36.8 Å². The third-order valence-electron chi connectivity index (χ3n) is 8.56. The molecule has 3 amide bonds. The molecule has 0 aromatic heterocycles. The molecule has 3 saturated heterocycles. The van der Waals surface area contributed by atoms with E-state index in [-0.39, 0.29) is 40.3 Å². The second-order valence-electron chi connectivity index (χ2n) is 10.8. The number of thioether (sulfide) groups is 1. The van der Waals surface area contributed by atoms with Crippen molar-refractivity contribution >= 4 is 45.4 Å². The lowest BCUT2D eigenvalue weighted by Crippen LogP contribution is -2.59. The van der Waals surface area contributed by atoms with Crippen LogP contribution in [0.1, 0.15) is 52.9 Å². The van der Waals surface area contributed by atoms with Crippen LogP contribution in [-0.2, 0) is 14.4 Å². The van der Waals surface area contributed by atoms with Gasteiger partial charge < -0.3 is 19.8 Å². The van der Waals surface area contributed by atoms with E-state index < -0.39 is 28.7 Å². The number of likely N-dealkylation sites (tertiary alicyclic amines) is 1. The molecule has 0 aromatic rings. The standard InChI is InChI=1S/C28H44BrN3O4S/c1-7-11-12-15-31(14-9-3)27(36)24-28-16-19(29)23(37-28)21(25(34)30(6)13-8-2)22(28)26(35)32(24)20(17-33)18(5)10-4/h8-9,18-24,33H,2-3,7,10-17H2,1,4-6H3/t18-,19?,20-,21+,22-,23+,24?,28?/m0/s1. The smallest absolute Gasteiger partial charge is 0.247 e. The summed E-state index contributed by atoms with van der Waals surface area (Å²) in [5.41, 5.74) is 0. The maximum Gasteiger partial charge on any atom is 0.247 e. The lowest BCUT2D eigenvalue weighted by atomic mass is 9.70. The van der Waals surface area contributed by atoms with E-state index in [4.69, 9.17) is 0 Å². The van der Waals surface area contributed by atoms with Crippen LogP contribution in [0.5, 0.6) is 0 Å². The van der Waals surface area contributed by atoms with E-state index in [1.807, 2.05) is 18.7 Å². The lowest BCUT2D eigenvalue weighted by molar-refractivity contribution is -0.147. The zero-order chi connectivity index (χ0) is 27.5. The molecule has 3 unspecified atom stereocenters. The average molecular weight is 599 g/mol. The molecule has 8 atom stereocenters. The molecule has 0 aromatic carbocycles. The number of aliphatic hydroxyl groups is 1. The highest BCUT2D eigenvalue weighted by atomic mass is 79.9. The molecular formula is C28H44BrN3O4S. The molecular weight excluding hydrogens is 554 g/mol. The number of halogens is 1. The van der Waals surface area contributed by atoms with Crippen molar-refractivity contribution in [2.75, 3.05) is 33.3 Å². The van der Waals surface area contributed by atoms with Crippen LogP contribution in [0.25, 0.3) is 0 Å². The molecule has 0 radical (unpaired) electrons. The highest BCUT2D eigenvalue weighted by Gasteiger charge is 2.76. The fourth-order valence-corrected chi connectivity index (χ4v) is 10.1. The highest BCUT2D eigenvalue weighted by Crippen LogP contribution is 2.68. The SMILES string of the molecule is C=CCN(C)C(=O)[C@H]1[C@@H]2SC3(CC2Br)C(C(=O)N(CC=C)CCCCC)N([C@@H](CO)[C@@H](C)CC)C(=O)[C@H]13. The number of carbonyl (C=O) groups excluding carboxylic acids is 3. The Bertz CT molecular complexity index is 887. The molecule has 3 heterocycles. The van der Waals surface area contributed by atoms with Crippen LogP contribution in [0, 0.1) is 17.8 Å². The molecule has 37 heavy (non-hydrogen) atoms. The molecule has 0 saturated carbocycles. The molecule has 0 aliphatic carbocycles. The van der Waals surface area contributed by atoms with Gasteiger partial charge in [-0.15, -0.1) is 24.9 Å². The summed E-state index contributed by atoms with van der Waals surface area (Å²) in [5, 5.41) is 10.4. The summed E-state index contributed by atoms with van der Waals surface area (Å²) in [7, 11) is 1.74. The van der Waals surface area contributed by atoms with E-state index in [2.05, 4.69) is 36.0 Å². The maximum atomic E-state index is 14.4. The number of unbranched alkanes of at least 4 members (excludes halogenated alkanes) is 2. The predicted molar refractivity (Wildman–Crippen MR) is 154 cm³/mol. The molecule has 1 spiro atoms. The average Bonchev–Trinajstić information content (AvgIpc) is 3.47.